The van der Waals surface area contributed by atoms with Crippen molar-refractivity contribution in [3.63, 3.8) is 0 Å². The summed E-state index contributed by atoms with van der Waals surface area (Å²) in [6.07, 6.45) is 0.0682. The van der Waals surface area contributed by atoms with Crippen LogP contribution in [0.2, 0.25) is 0 Å². The molecule has 3 aliphatic heterocycles. The SMILES string of the molecule is COc1ccc(Br)c2oc(N3CC4CC(C3)N4C(=O)O)nc12. The fourth-order valence-corrected chi connectivity index (χ4v) is 3.72. The number of hydrogen-bond donors (Lipinski definition) is 1. The number of piperazine rings is 1. The van der Waals surface area contributed by atoms with E-state index in [-0.39, 0.29) is 12.1 Å². The number of amides is 1. The number of rotatable bonds is 2. The summed E-state index contributed by atoms with van der Waals surface area (Å²) in [5.41, 5.74) is 1.31. The first-order valence-corrected chi connectivity index (χ1v) is 7.77. The zero-order valence-corrected chi connectivity index (χ0v) is 13.4. The largest absolute Gasteiger partial charge is 0.494 e. The molecule has 2 atom stereocenters. The van der Waals surface area contributed by atoms with Gasteiger partial charge in [-0.25, -0.2) is 4.79 Å². The number of ether oxygens (including phenoxy) is 1. The monoisotopic (exact) mass is 367 g/mol. The summed E-state index contributed by atoms with van der Waals surface area (Å²) in [4.78, 5) is 19.2. The van der Waals surface area contributed by atoms with E-state index < -0.39 is 6.09 Å². The van der Waals surface area contributed by atoms with Crippen LogP contribution in [0.15, 0.2) is 21.0 Å². The van der Waals surface area contributed by atoms with Gasteiger partial charge in [-0.15, -0.1) is 0 Å². The van der Waals surface area contributed by atoms with Gasteiger partial charge in [-0.3, -0.25) is 4.90 Å². The molecule has 2 bridgehead atoms. The number of methoxy groups -OCH3 is 1. The van der Waals surface area contributed by atoms with Gasteiger partial charge in [0.2, 0.25) is 0 Å². The van der Waals surface area contributed by atoms with Gasteiger partial charge in [0.1, 0.15) is 5.75 Å². The zero-order chi connectivity index (χ0) is 15.4. The molecule has 2 unspecified atom stereocenters. The lowest BCUT2D eigenvalue weighted by Gasteiger charge is -2.54. The summed E-state index contributed by atoms with van der Waals surface area (Å²) in [5, 5.41) is 9.16. The topological polar surface area (TPSA) is 79.0 Å². The predicted molar refractivity (Wildman–Crippen MR) is 82.5 cm³/mol. The van der Waals surface area contributed by atoms with Crippen LogP contribution in [0.3, 0.4) is 0 Å². The van der Waals surface area contributed by atoms with E-state index in [1.54, 1.807) is 7.11 Å². The average Bonchev–Trinajstić information content (AvgIpc) is 2.93. The molecule has 3 saturated heterocycles. The first kappa shape index (κ1) is 13.7. The van der Waals surface area contributed by atoms with Gasteiger partial charge in [0.05, 0.1) is 23.7 Å². The Labute approximate surface area is 134 Å². The number of carbonyl (C=O) groups is 1. The molecular weight excluding hydrogens is 354 g/mol. The molecule has 0 spiro atoms. The van der Waals surface area contributed by atoms with Crippen LogP contribution < -0.4 is 9.64 Å². The summed E-state index contributed by atoms with van der Waals surface area (Å²) in [6, 6.07) is 4.25. The third kappa shape index (κ3) is 1.86. The molecule has 1 aromatic carbocycles. The number of piperidine rings is 1. The maximum absolute atomic E-state index is 11.2. The second-order valence-electron chi connectivity index (χ2n) is 5.56. The molecule has 1 N–H and O–H groups in total. The number of nitrogens with zero attached hydrogens (tertiary/aromatic N) is 3. The second-order valence-corrected chi connectivity index (χ2v) is 6.42. The highest BCUT2D eigenvalue weighted by atomic mass is 79.9. The molecule has 22 heavy (non-hydrogen) atoms. The lowest BCUT2D eigenvalue weighted by Crippen LogP contribution is -2.70. The van der Waals surface area contributed by atoms with Crippen molar-refractivity contribution in [2.45, 2.75) is 18.5 Å². The Kier molecular flexibility index (Phi) is 2.97. The fraction of sp³-hybridized carbons (Fsp3) is 0.429. The summed E-state index contributed by atoms with van der Waals surface area (Å²) in [6.45, 7) is 1.21. The highest BCUT2D eigenvalue weighted by Crippen LogP contribution is 2.38. The molecular formula is C14H14BrN3O4. The number of oxazole rings is 1. The van der Waals surface area contributed by atoms with Gasteiger partial charge in [-0.2, -0.15) is 4.98 Å². The van der Waals surface area contributed by atoms with Crippen molar-refractivity contribution in [1.29, 1.82) is 0 Å². The lowest BCUT2D eigenvalue weighted by atomic mass is 9.88. The Morgan fingerprint density at radius 2 is 2.18 bits per heavy atom. The van der Waals surface area contributed by atoms with Crippen molar-refractivity contribution in [2.75, 3.05) is 25.1 Å². The standard InChI is InChI=1S/C14H14BrN3O4/c1-21-10-3-2-9(15)12-11(10)16-13(22-12)17-5-7-4-8(6-17)18(7)14(19)20/h2-3,7-8H,4-6H2,1H3,(H,19,20). The van der Waals surface area contributed by atoms with Crippen LogP contribution in [0, 0.1) is 0 Å². The number of fused-ring (bicyclic) bond motifs is 3. The van der Waals surface area contributed by atoms with Gasteiger partial charge in [0.15, 0.2) is 11.1 Å². The van der Waals surface area contributed by atoms with Crippen molar-refractivity contribution in [1.82, 2.24) is 9.88 Å². The first-order valence-electron chi connectivity index (χ1n) is 6.97. The molecule has 1 aromatic heterocycles. The number of anilines is 1. The molecule has 3 aliphatic rings. The minimum absolute atomic E-state index is 0.0246. The van der Waals surface area contributed by atoms with Crippen LogP contribution in [-0.2, 0) is 0 Å². The second kappa shape index (κ2) is 4.77. The van der Waals surface area contributed by atoms with E-state index in [0.29, 0.717) is 36.0 Å². The Hall–Kier alpha value is -1.96. The number of aromatic nitrogens is 1. The molecule has 116 valence electrons. The number of carboxylic acid groups (broad SMARTS) is 1. The average molecular weight is 368 g/mol. The van der Waals surface area contributed by atoms with Gasteiger partial charge in [0.25, 0.3) is 6.01 Å². The summed E-state index contributed by atoms with van der Waals surface area (Å²) in [5.74, 6) is 0.655. The van der Waals surface area contributed by atoms with E-state index in [2.05, 4.69) is 20.9 Å². The van der Waals surface area contributed by atoms with E-state index in [1.807, 2.05) is 17.0 Å². The molecule has 4 heterocycles. The quantitative estimate of drug-likeness (QED) is 0.878. The van der Waals surface area contributed by atoms with E-state index in [4.69, 9.17) is 14.3 Å². The third-order valence-electron chi connectivity index (χ3n) is 4.35. The van der Waals surface area contributed by atoms with Gasteiger partial charge in [-0.1, -0.05) is 0 Å². The van der Waals surface area contributed by atoms with Crippen LogP contribution in [0.5, 0.6) is 5.75 Å². The van der Waals surface area contributed by atoms with E-state index >= 15 is 0 Å². The summed E-state index contributed by atoms with van der Waals surface area (Å²) >= 11 is 3.45. The molecule has 8 heteroatoms. The summed E-state index contributed by atoms with van der Waals surface area (Å²) < 4.78 is 12.0. The van der Waals surface area contributed by atoms with Crippen molar-refractivity contribution < 1.29 is 19.1 Å². The highest BCUT2D eigenvalue weighted by Gasteiger charge is 2.48. The van der Waals surface area contributed by atoms with Crippen molar-refractivity contribution in [3.05, 3.63) is 16.6 Å². The number of hydrogen-bond acceptors (Lipinski definition) is 5. The van der Waals surface area contributed by atoms with Crippen LogP contribution in [-0.4, -0.2) is 53.4 Å². The number of halogens is 1. The fourth-order valence-electron chi connectivity index (χ4n) is 3.32. The van der Waals surface area contributed by atoms with Crippen LogP contribution in [0.1, 0.15) is 6.42 Å². The molecule has 7 nitrogen and oxygen atoms in total. The van der Waals surface area contributed by atoms with Gasteiger partial charge >= 0.3 is 6.09 Å². The maximum atomic E-state index is 11.2. The molecule has 1 amide bonds. The molecule has 0 aliphatic carbocycles. The predicted octanol–water partition coefficient (Wildman–Crippen LogP) is 2.54. The zero-order valence-electron chi connectivity index (χ0n) is 11.8. The molecule has 2 aromatic rings. The Morgan fingerprint density at radius 1 is 1.45 bits per heavy atom. The van der Waals surface area contributed by atoms with Gasteiger partial charge < -0.3 is 19.2 Å². The smallest absolute Gasteiger partial charge is 0.407 e. The normalized spacial score (nSPS) is 23.5. The molecule has 3 fully saturated rings. The molecule has 0 saturated carbocycles. The first-order chi connectivity index (χ1) is 10.6. The van der Waals surface area contributed by atoms with Crippen molar-refractivity contribution in [2.24, 2.45) is 0 Å². The highest BCUT2D eigenvalue weighted by molar-refractivity contribution is 9.10. The molecule has 0 radical (unpaired) electrons. The van der Waals surface area contributed by atoms with E-state index in [1.165, 1.54) is 4.90 Å². The number of benzene rings is 1. The van der Waals surface area contributed by atoms with Crippen molar-refractivity contribution in [3.8, 4) is 5.75 Å². The van der Waals surface area contributed by atoms with Crippen LogP contribution in [0.25, 0.3) is 11.1 Å². The van der Waals surface area contributed by atoms with E-state index in [9.17, 15) is 4.79 Å². The third-order valence-corrected chi connectivity index (χ3v) is 4.98. The molecule has 5 rings (SSSR count). The van der Waals surface area contributed by atoms with Crippen LogP contribution >= 0.6 is 15.9 Å². The Morgan fingerprint density at radius 3 is 2.82 bits per heavy atom. The Bertz CT molecular complexity index is 750. The summed E-state index contributed by atoms with van der Waals surface area (Å²) in [7, 11) is 1.60. The minimum atomic E-state index is -0.845. The van der Waals surface area contributed by atoms with Crippen molar-refractivity contribution >= 4 is 39.1 Å². The van der Waals surface area contributed by atoms with Crippen LogP contribution in [0.4, 0.5) is 10.8 Å². The maximum Gasteiger partial charge on any atom is 0.407 e. The van der Waals surface area contributed by atoms with Gasteiger partial charge in [0, 0.05) is 13.1 Å². The Balaban J connectivity index is 1.66. The lowest BCUT2D eigenvalue weighted by molar-refractivity contribution is 0.0101. The van der Waals surface area contributed by atoms with E-state index in [0.717, 1.165) is 10.9 Å². The minimum Gasteiger partial charge on any atom is -0.494 e. The van der Waals surface area contributed by atoms with Gasteiger partial charge in [-0.05, 0) is 34.5 Å².